The molecule has 4 nitrogen and oxygen atoms in total. The molecule has 0 aromatic heterocycles. The van der Waals surface area contributed by atoms with Gasteiger partial charge in [0.25, 0.3) is 5.91 Å². The highest BCUT2D eigenvalue weighted by atomic mass is 79.9. The Bertz CT molecular complexity index is 475. The van der Waals surface area contributed by atoms with Crippen LogP contribution in [-0.2, 0) is 4.79 Å². The van der Waals surface area contributed by atoms with Crippen molar-refractivity contribution in [3.05, 3.63) is 22.7 Å². The molecule has 0 fully saturated rings. The number of aromatic hydroxyl groups is 1. The van der Waals surface area contributed by atoms with E-state index in [1.807, 2.05) is 5.32 Å². The Morgan fingerprint density at radius 1 is 1.44 bits per heavy atom. The van der Waals surface area contributed by atoms with Gasteiger partial charge in [0, 0.05) is 4.47 Å². The van der Waals surface area contributed by atoms with Gasteiger partial charge in [-0.25, -0.2) is 0 Å². The standard InChI is InChI=1S/C10H10BrF3N2O2/c1-9(15,10(12,13)14)8(18)16-6-4-5(11)2-3-7(6)17/h2-4,17H,15H2,1H3,(H,16,18). The van der Waals surface area contributed by atoms with Crippen LogP contribution >= 0.6 is 15.9 Å². The molecule has 8 heteroatoms. The van der Waals surface area contributed by atoms with Gasteiger partial charge in [-0.3, -0.25) is 4.79 Å². The molecule has 4 N–H and O–H groups in total. The minimum absolute atomic E-state index is 0.157. The first-order valence-electron chi connectivity index (χ1n) is 4.71. The molecule has 1 rings (SSSR count). The van der Waals surface area contributed by atoms with Gasteiger partial charge in [-0.1, -0.05) is 15.9 Å². The number of hydrogen-bond donors (Lipinski definition) is 3. The first-order valence-corrected chi connectivity index (χ1v) is 5.50. The normalized spacial score (nSPS) is 15.0. The Labute approximate surface area is 109 Å². The molecule has 1 aromatic carbocycles. The van der Waals surface area contributed by atoms with Crippen molar-refractivity contribution >= 4 is 27.5 Å². The fraction of sp³-hybridized carbons (Fsp3) is 0.300. The summed E-state index contributed by atoms with van der Waals surface area (Å²) in [5, 5.41) is 11.3. The van der Waals surface area contributed by atoms with Crippen molar-refractivity contribution in [1.82, 2.24) is 0 Å². The van der Waals surface area contributed by atoms with Crippen LogP contribution in [0.5, 0.6) is 5.75 Å². The van der Waals surface area contributed by atoms with Crippen LogP contribution in [0.2, 0.25) is 0 Å². The van der Waals surface area contributed by atoms with Gasteiger partial charge in [-0.05, 0) is 25.1 Å². The van der Waals surface area contributed by atoms with Crippen molar-refractivity contribution in [3.63, 3.8) is 0 Å². The molecular weight excluding hydrogens is 317 g/mol. The third-order valence-corrected chi connectivity index (χ3v) is 2.76. The van der Waals surface area contributed by atoms with Gasteiger partial charge in [0.05, 0.1) is 5.69 Å². The maximum atomic E-state index is 12.5. The number of phenolic OH excluding ortho intramolecular Hbond substituents is 1. The number of amides is 1. The third-order valence-electron chi connectivity index (χ3n) is 2.27. The summed E-state index contributed by atoms with van der Waals surface area (Å²) < 4.78 is 38.0. The Kier molecular flexibility index (Phi) is 3.92. The van der Waals surface area contributed by atoms with Crippen molar-refractivity contribution in [2.24, 2.45) is 5.73 Å². The number of alkyl halides is 3. The number of nitrogens with one attached hydrogen (secondary N) is 1. The number of rotatable bonds is 2. The molecule has 0 bridgehead atoms. The molecule has 100 valence electrons. The van der Waals surface area contributed by atoms with E-state index in [4.69, 9.17) is 5.73 Å². The highest BCUT2D eigenvalue weighted by Crippen LogP contribution is 2.31. The van der Waals surface area contributed by atoms with Gasteiger partial charge >= 0.3 is 6.18 Å². The molecule has 1 aromatic rings. The fourth-order valence-corrected chi connectivity index (χ4v) is 1.35. The summed E-state index contributed by atoms with van der Waals surface area (Å²) in [5.74, 6) is -1.81. The van der Waals surface area contributed by atoms with Crippen LogP contribution in [0.4, 0.5) is 18.9 Å². The lowest BCUT2D eigenvalue weighted by Crippen LogP contribution is -2.59. The second-order valence-corrected chi connectivity index (χ2v) is 4.73. The lowest BCUT2D eigenvalue weighted by molar-refractivity contribution is -0.184. The number of carbonyl (C=O) groups is 1. The summed E-state index contributed by atoms with van der Waals surface area (Å²) in [6.45, 7) is 0.553. The van der Waals surface area contributed by atoms with Gasteiger partial charge in [0.15, 0.2) is 5.54 Å². The molecule has 0 aliphatic carbocycles. The zero-order valence-electron chi connectivity index (χ0n) is 9.18. The van der Waals surface area contributed by atoms with E-state index in [0.717, 1.165) is 0 Å². The molecule has 0 aliphatic rings. The fourth-order valence-electron chi connectivity index (χ4n) is 0.989. The Morgan fingerprint density at radius 3 is 2.50 bits per heavy atom. The number of hydrogen-bond acceptors (Lipinski definition) is 3. The minimum atomic E-state index is -4.89. The summed E-state index contributed by atoms with van der Waals surface area (Å²) in [4.78, 5) is 11.5. The maximum absolute atomic E-state index is 12.5. The molecule has 0 saturated carbocycles. The topological polar surface area (TPSA) is 75.4 Å². The summed E-state index contributed by atoms with van der Waals surface area (Å²) in [6, 6.07) is 3.96. The van der Waals surface area contributed by atoms with Crippen LogP contribution < -0.4 is 11.1 Å². The summed E-state index contributed by atoms with van der Waals surface area (Å²) in [6.07, 6.45) is -4.89. The van der Waals surface area contributed by atoms with Crippen LogP contribution in [0.25, 0.3) is 0 Å². The van der Waals surface area contributed by atoms with Crippen LogP contribution in [0.15, 0.2) is 22.7 Å². The second kappa shape index (κ2) is 4.77. The average Bonchev–Trinajstić information content (AvgIpc) is 2.21. The second-order valence-electron chi connectivity index (χ2n) is 3.82. The van der Waals surface area contributed by atoms with Crippen LogP contribution in [-0.4, -0.2) is 22.7 Å². The SMILES string of the molecule is CC(N)(C(=O)Nc1cc(Br)ccc1O)C(F)(F)F. The smallest absolute Gasteiger partial charge is 0.415 e. The number of phenols is 1. The molecule has 0 heterocycles. The first kappa shape index (κ1) is 14.8. The van der Waals surface area contributed by atoms with Crippen molar-refractivity contribution in [1.29, 1.82) is 0 Å². The highest BCUT2D eigenvalue weighted by Gasteiger charge is 2.54. The lowest BCUT2D eigenvalue weighted by Gasteiger charge is -2.26. The van der Waals surface area contributed by atoms with Crippen molar-refractivity contribution < 1.29 is 23.1 Å². The zero-order chi connectivity index (χ0) is 14.1. The summed E-state index contributed by atoms with van der Waals surface area (Å²) in [5.41, 5.74) is 1.75. The Morgan fingerprint density at radius 2 is 2.00 bits per heavy atom. The van der Waals surface area contributed by atoms with E-state index >= 15 is 0 Å². The van der Waals surface area contributed by atoms with E-state index in [1.165, 1.54) is 18.2 Å². The maximum Gasteiger partial charge on any atom is 0.415 e. The largest absolute Gasteiger partial charge is 0.506 e. The predicted molar refractivity (Wildman–Crippen MR) is 63.1 cm³/mol. The van der Waals surface area contributed by atoms with Gasteiger partial charge < -0.3 is 16.2 Å². The molecule has 0 aliphatic heterocycles. The van der Waals surface area contributed by atoms with E-state index in [1.54, 1.807) is 0 Å². The van der Waals surface area contributed by atoms with Crippen molar-refractivity contribution in [2.75, 3.05) is 5.32 Å². The van der Waals surface area contributed by atoms with E-state index in [9.17, 15) is 23.1 Å². The third kappa shape index (κ3) is 2.94. The number of benzene rings is 1. The van der Waals surface area contributed by atoms with Gasteiger partial charge in [0.2, 0.25) is 0 Å². The number of halogens is 4. The molecule has 1 atom stereocenters. The number of carbonyl (C=O) groups excluding carboxylic acids is 1. The molecule has 18 heavy (non-hydrogen) atoms. The van der Waals surface area contributed by atoms with E-state index in [2.05, 4.69) is 15.9 Å². The molecule has 1 amide bonds. The zero-order valence-corrected chi connectivity index (χ0v) is 10.8. The van der Waals surface area contributed by atoms with E-state index in [0.29, 0.717) is 11.4 Å². The van der Waals surface area contributed by atoms with Gasteiger partial charge in [-0.15, -0.1) is 0 Å². The van der Waals surface area contributed by atoms with Gasteiger partial charge in [0.1, 0.15) is 5.75 Å². The van der Waals surface area contributed by atoms with Crippen molar-refractivity contribution in [2.45, 2.75) is 18.6 Å². The number of anilines is 1. The van der Waals surface area contributed by atoms with Crippen molar-refractivity contribution in [3.8, 4) is 5.75 Å². The number of nitrogens with two attached hydrogens (primary N) is 1. The van der Waals surface area contributed by atoms with E-state index < -0.39 is 17.6 Å². The highest BCUT2D eigenvalue weighted by molar-refractivity contribution is 9.10. The molecule has 1 unspecified atom stereocenters. The average molecular weight is 327 g/mol. The molecule has 0 radical (unpaired) electrons. The lowest BCUT2D eigenvalue weighted by atomic mass is 10.0. The molecular formula is C10H10BrF3N2O2. The Balaban J connectivity index is 2.98. The van der Waals surface area contributed by atoms with E-state index in [-0.39, 0.29) is 11.4 Å². The molecule has 0 saturated heterocycles. The minimum Gasteiger partial charge on any atom is -0.506 e. The van der Waals surface area contributed by atoms with Crippen LogP contribution in [0.3, 0.4) is 0 Å². The first-order chi connectivity index (χ1) is 8.05. The van der Waals surface area contributed by atoms with Crippen LogP contribution in [0.1, 0.15) is 6.92 Å². The van der Waals surface area contributed by atoms with Gasteiger partial charge in [-0.2, -0.15) is 13.2 Å². The summed E-state index contributed by atoms with van der Waals surface area (Å²) in [7, 11) is 0. The monoisotopic (exact) mass is 326 g/mol. The van der Waals surface area contributed by atoms with Crippen LogP contribution in [0, 0.1) is 0 Å². The quantitative estimate of drug-likeness (QED) is 0.730. The molecule has 0 spiro atoms. The summed E-state index contributed by atoms with van der Waals surface area (Å²) >= 11 is 3.06. The predicted octanol–water partition coefficient (Wildman–Crippen LogP) is 2.37. The Hall–Kier alpha value is -1.28.